The lowest BCUT2D eigenvalue weighted by atomic mass is 9.95. The van der Waals surface area contributed by atoms with E-state index in [2.05, 4.69) is 20.6 Å². The molecule has 1 aromatic carbocycles. The summed E-state index contributed by atoms with van der Waals surface area (Å²) in [7, 11) is 0. The number of pyridine rings is 2. The molecule has 2 aromatic heterocycles. The molecular formula is C23H24N4O2. The van der Waals surface area contributed by atoms with Crippen molar-refractivity contribution < 1.29 is 9.59 Å². The van der Waals surface area contributed by atoms with E-state index in [1.54, 1.807) is 18.5 Å². The molecule has 1 aliphatic rings. The van der Waals surface area contributed by atoms with Gasteiger partial charge in [0.25, 0.3) is 5.91 Å². The maximum absolute atomic E-state index is 12.9. The second kappa shape index (κ2) is 8.82. The zero-order valence-electron chi connectivity index (χ0n) is 16.2. The van der Waals surface area contributed by atoms with E-state index >= 15 is 0 Å². The first-order chi connectivity index (χ1) is 14.2. The Balaban J connectivity index is 1.52. The van der Waals surface area contributed by atoms with Crippen molar-refractivity contribution in [2.45, 2.75) is 38.1 Å². The number of hydrogen-bond acceptors (Lipinski definition) is 4. The van der Waals surface area contributed by atoms with Gasteiger partial charge in [0.2, 0.25) is 5.91 Å². The first kappa shape index (κ1) is 19.1. The molecule has 2 N–H and O–H groups in total. The molecule has 148 valence electrons. The molecule has 3 aromatic rings. The zero-order valence-corrected chi connectivity index (χ0v) is 16.2. The van der Waals surface area contributed by atoms with Gasteiger partial charge in [0.1, 0.15) is 0 Å². The van der Waals surface area contributed by atoms with Crippen molar-refractivity contribution in [2.24, 2.45) is 0 Å². The summed E-state index contributed by atoms with van der Waals surface area (Å²) >= 11 is 0. The van der Waals surface area contributed by atoms with Crippen molar-refractivity contribution in [2.75, 3.05) is 6.54 Å². The van der Waals surface area contributed by atoms with E-state index in [0.29, 0.717) is 11.3 Å². The molecule has 2 heterocycles. The maximum Gasteiger partial charge on any atom is 0.252 e. The average molecular weight is 388 g/mol. The summed E-state index contributed by atoms with van der Waals surface area (Å²) in [5, 5.41) is 6.55. The number of benzene rings is 1. The SMILES string of the molecule is O=C(CNC(=O)c1cc(-c2cccnc2)nc2ccccc12)NC1CCCCC1. The van der Waals surface area contributed by atoms with Gasteiger partial charge >= 0.3 is 0 Å². The Morgan fingerprint density at radius 3 is 2.66 bits per heavy atom. The molecule has 0 radical (unpaired) electrons. The van der Waals surface area contributed by atoms with Crippen LogP contribution in [0.1, 0.15) is 42.5 Å². The van der Waals surface area contributed by atoms with E-state index in [1.165, 1.54) is 6.42 Å². The van der Waals surface area contributed by atoms with E-state index in [1.807, 2.05) is 36.4 Å². The summed E-state index contributed by atoms with van der Waals surface area (Å²) < 4.78 is 0. The topological polar surface area (TPSA) is 84.0 Å². The molecule has 0 spiro atoms. The molecule has 1 fully saturated rings. The van der Waals surface area contributed by atoms with E-state index < -0.39 is 0 Å². The van der Waals surface area contributed by atoms with Gasteiger partial charge in [-0.25, -0.2) is 4.98 Å². The lowest BCUT2D eigenvalue weighted by Gasteiger charge is -2.22. The molecule has 1 aliphatic carbocycles. The van der Waals surface area contributed by atoms with Gasteiger partial charge in [-0.1, -0.05) is 37.5 Å². The number of rotatable bonds is 5. The number of hydrogen-bond donors (Lipinski definition) is 2. The van der Waals surface area contributed by atoms with Crippen LogP contribution in [-0.4, -0.2) is 34.4 Å². The fraction of sp³-hybridized carbons (Fsp3) is 0.304. The summed E-state index contributed by atoms with van der Waals surface area (Å²) in [5.74, 6) is -0.427. The van der Waals surface area contributed by atoms with E-state index in [4.69, 9.17) is 0 Å². The number of para-hydroxylation sites is 1. The van der Waals surface area contributed by atoms with Crippen molar-refractivity contribution in [3.8, 4) is 11.3 Å². The van der Waals surface area contributed by atoms with Gasteiger partial charge in [-0.05, 0) is 37.1 Å². The largest absolute Gasteiger partial charge is 0.352 e. The summed E-state index contributed by atoms with van der Waals surface area (Å²) in [6.45, 7) is -0.0335. The number of carbonyl (C=O) groups is 2. The molecule has 6 heteroatoms. The highest BCUT2D eigenvalue weighted by Crippen LogP contribution is 2.24. The highest BCUT2D eigenvalue weighted by Gasteiger charge is 2.18. The standard InChI is InChI=1S/C23H24N4O2/c28-22(26-17-8-2-1-3-9-17)15-25-23(29)19-13-21(16-7-6-12-24-14-16)27-20-11-5-4-10-18(19)20/h4-7,10-14,17H,1-3,8-9,15H2,(H,25,29)(H,26,28). The Morgan fingerprint density at radius 2 is 1.86 bits per heavy atom. The van der Waals surface area contributed by atoms with Crippen molar-refractivity contribution in [1.29, 1.82) is 0 Å². The molecule has 0 atom stereocenters. The van der Waals surface area contributed by atoms with Crippen LogP contribution >= 0.6 is 0 Å². The molecule has 29 heavy (non-hydrogen) atoms. The van der Waals surface area contributed by atoms with Crippen LogP contribution in [0.25, 0.3) is 22.2 Å². The lowest BCUT2D eigenvalue weighted by Crippen LogP contribution is -2.42. The van der Waals surface area contributed by atoms with Crippen molar-refractivity contribution in [3.05, 3.63) is 60.4 Å². The van der Waals surface area contributed by atoms with Gasteiger partial charge in [0, 0.05) is 29.4 Å². The highest BCUT2D eigenvalue weighted by molar-refractivity contribution is 6.08. The normalized spacial score (nSPS) is 14.5. The second-order valence-electron chi connectivity index (χ2n) is 7.40. The van der Waals surface area contributed by atoms with Crippen molar-refractivity contribution >= 4 is 22.7 Å². The molecule has 0 aliphatic heterocycles. The number of amides is 2. The van der Waals surface area contributed by atoms with Crippen LogP contribution in [-0.2, 0) is 4.79 Å². The van der Waals surface area contributed by atoms with Crippen LogP contribution < -0.4 is 10.6 Å². The zero-order chi connectivity index (χ0) is 20.1. The molecule has 4 rings (SSSR count). The molecule has 1 saturated carbocycles. The van der Waals surface area contributed by atoms with Gasteiger partial charge < -0.3 is 10.6 Å². The molecule has 0 unspecified atom stereocenters. The molecular weight excluding hydrogens is 364 g/mol. The monoisotopic (exact) mass is 388 g/mol. The summed E-state index contributed by atoms with van der Waals surface area (Å²) in [6.07, 6.45) is 8.98. The van der Waals surface area contributed by atoms with E-state index in [9.17, 15) is 9.59 Å². The minimum atomic E-state index is -0.285. The van der Waals surface area contributed by atoms with Gasteiger partial charge in [0.05, 0.1) is 23.3 Å². The second-order valence-corrected chi connectivity index (χ2v) is 7.40. The average Bonchev–Trinajstić information content (AvgIpc) is 2.78. The number of nitrogens with zero attached hydrogens (tertiary/aromatic N) is 2. The van der Waals surface area contributed by atoms with Crippen LogP contribution in [0.4, 0.5) is 0 Å². The summed E-state index contributed by atoms with van der Waals surface area (Å²) in [4.78, 5) is 34.0. The quantitative estimate of drug-likeness (QED) is 0.701. The third-order valence-electron chi connectivity index (χ3n) is 5.30. The van der Waals surface area contributed by atoms with E-state index in [-0.39, 0.29) is 24.4 Å². The number of aromatic nitrogens is 2. The Labute approximate surface area is 169 Å². The van der Waals surface area contributed by atoms with Crippen molar-refractivity contribution in [3.63, 3.8) is 0 Å². The number of carbonyl (C=O) groups excluding carboxylic acids is 2. The third-order valence-corrected chi connectivity index (χ3v) is 5.30. The number of nitrogens with one attached hydrogen (secondary N) is 2. The molecule has 0 saturated heterocycles. The molecule has 6 nitrogen and oxygen atoms in total. The Morgan fingerprint density at radius 1 is 1.03 bits per heavy atom. The molecule has 0 bridgehead atoms. The maximum atomic E-state index is 12.9. The lowest BCUT2D eigenvalue weighted by molar-refractivity contribution is -0.121. The minimum Gasteiger partial charge on any atom is -0.352 e. The van der Waals surface area contributed by atoms with Gasteiger partial charge in [0.15, 0.2) is 0 Å². The first-order valence-corrected chi connectivity index (χ1v) is 10.1. The van der Waals surface area contributed by atoms with Crippen LogP contribution in [0.2, 0.25) is 0 Å². The number of fused-ring (bicyclic) bond motifs is 1. The van der Waals surface area contributed by atoms with Crippen LogP contribution in [0.5, 0.6) is 0 Å². The Hall–Kier alpha value is -3.28. The van der Waals surface area contributed by atoms with Gasteiger partial charge in [-0.2, -0.15) is 0 Å². The van der Waals surface area contributed by atoms with Crippen LogP contribution in [0, 0.1) is 0 Å². The predicted octanol–water partition coefficient (Wildman–Crippen LogP) is 3.48. The minimum absolute atomic E-state index is 0.0335. The fourth-order valence-electron chi connectivity index (χ4n) is 3.81. The molecule has 2 amide bonds. The van der Waals surface area contributed by atoms with Crippen LogP contribution in [0.15, 0.2) is 54.9 Å². The first-order valence-electron chi connectivity index (χ1n) is 10.1. The van der Waals surface area contributed by atoms with Gasteiger partial charge in [-0.3, -0.25) is 14.6 Å². The fourth-order valence-corrected chi connectivity index (χ4v) is 3.81. The third kappa shape index (κ3) is 4.59. The van der Waals surface area contributed by atoms with Crippen LogP contribution in [0.3, 0.4) is 0 Å². The summed E-state index contributed by atoms with van der Waals surface area (Å²) in [5.41, 5.74) is 2.74. The Kier molecular flexibility index (Phi) is 5.79. The smallest absolute Gasteiger partial charge is 0.252 e. The predicted molar refractivity (Wildman–Crippen MR) is 112 cm³/mol. The van der Waals surface area contributed by atoms with E-state index in [0.717, 1.165) is 42.1 Å². The summed E-state index contributed by atoms with van der Waals surface area (Å²) in [6, 6.07) is 13.2. The van der Waals surface area contributed by atoms with Crippen molar-refractivity contribution in [1.82, 2.24) is 20.6 Å². The van der Waals surface area contributed by atoms with Gasteiger partial charge in [-0.15, -0.1) is 0 Å². The Bertz CT molecular complexity index is 1010. The highest BCUT2D eigenvalue weighted by atomic mass is 16.2.